The largest absolute Gasteiger partial charge is 0.419 e. The van der Waals surface area contributed by atoms with Crippen molar-refractivity contribution in [3.05, 3.63) is 64.2 Å². The van der Waals surface area contributed by atoms with Gasteiger partial charge in [-0.25, -0.2) is 14.8 Å². The highest BCUT2D eigenvalue weighted by atomic mass is 32.2. The number of alkyl halides is 3. The molecule has 0 saturated carbocycles. The molecule has 36 heavy (non-hydrogen) atoms. The van der Waals surface area contributed by atoms with E-state index in [2.05, 4.69) is 26.3 Å². The number of carbonyl (C=O) groups is 1. The van der Waals surface area contributed by atoms with Crippen molar-refractivity contribution in [3.63, 3.8) is 0 Å². The highest BCUT2D eigenvalue weighted by Crippen LogP contribution is 2.32. The monoisotopic (exact) mass is 529 g/mol. The Morgan fingerprint density at radius 3 is 2.61 bits per heavy atom. The number of hydrazine groups is 2. The second-order valence-corrected chi connectivity index (χ2v) is 9.62. The molecule has 1 aromatic heterocycles. The van der Waals surface area contributed by atoms with Gasteiger partial charge in [0.2, 0.25) is 0 Å². The smallest absolute Gasteiger partial charge is 0.347 e. The molecule has 1 amide bonds. The summed E-state index contributed by atoms with van der Waals surface area (Å²) in [7, 11) is 0. The van der Waals surface area contributed by atoms with E-state index < -0.39 is 29.6 Å². The van der Waals surface area contributed by atoms with Gasteiger partial charge in [0.15, 0.2) is 0 Å². The molecule has 2 heterocycles. The molecule has 0 aliphatic carbocycles. The summed E-state index contributed by atoms with van der Waals surface area (Å²) in [6, 6.07) is 5.79. The van der Waals surface area contributed by atoms with E-state index in [1.54, 1.807) is 24.9 Å². The number of aryl methyl sites for hydroxylation is 1. The molecule has 6 N–H and O–H groups in total. The van der Waals surface area contributed by atoms with Gasteiger partial charge in [-0.15, -0.1) is 0 Å². The van der Waals surface area contributed by atoms with Crippen molar-refractivity contribution in [2.75, 3.05) is 25.9 Å². The third-order valence-corrected chi connectivity index (χ3v) is 6.83. The molecule has 13 heteroatoms. The summed E-state index contributed by atoms with van der Waals surface area (Å²) < 4.78 is 54.6. The molecule has 1 aliphatic rings. The van der Waals surface area contributed by atoms with Crippen LogP contribution < -0.4 is 22.3 Å². The van der Waals surface area contributed by atoms with Gasteiger partial charge in [0.25, 0.3) is 5.91 Å². The van der Waals surface area contributed by atoms with Crippen molar-refractivity contribution in [3.8, 4) is 0 Å². The normalized spacial score (nSPS) is 16.4. The van der Waals surface area contributed by atoms with E-state index in [-0.39, 0.29) is 17.8 Å². The number of amides is 1. The van der Waals surface area contributed by atoms with Crippen LogP contribution in [0.4, 0.5) is 17.6 Å². The number of hydrogen-bond donors (Lipinski definition) is 4. The number of nitrogens with zero attached hydrogens (tertiary/aromatic N) is 3. The third kappa shape index (κ3) is 7.85. The van der Waals surface area contributed by atoms with Crippen LogP contribution in [0.3, 0.4) is 0 Å². The minimum Gasteiger partial charge on any atom is -0.347 e. The molecule has 2 aromatic rings. The van der Waals surface area contributed by atoms with Gasteiger partial charge in [-0.1, -0.05) is 18.0 Å². The minimum atomic E-state index is -4.83. The lowest BCUT2D eigenvalue weighted by molar-refractivity contribution is -0.140. The van der Waals surface area contributed by atoms with Gasteiger partial charge in [-0.05, 0) is 67.3 Å². The maximum absolute atomic E-state index is 13.5. The zero-order valence-electron chi connectivity index (χ0n) is 20.1. The predicted octanol–water partition coefficient (Wildman–Crippen LogP) is 3.11. The van der Waals surface area contributed by atoms with Crippen LogP contribution in [0.2, 0.25) is 0 Å². The Kier molecular flexibility index (Phi) is 9.66. The fourth-order valence-electron chi connectivity index (χ4n) is 4.02. The van der Waals surface area contributed by atoms with E-state index in [0.29, 0.717) is 29.8 Å². The summed E-state index contributed by atoms with van der Waals surface area (Å²) in [6.07, 6.45) is -1.41. The summed E-state index contributed by atoms with van der Waals surface area (Å²) in [5, 5.41) is 3.98. The van der Waals surface area contributed by atoms with Gasteiger partial charge in [0.1, 0.15) is 11.5 Å². The first-order chi connectivity index (χ1) is 17.0. The molecule has 198 valence electrons. The maximum Gasteiger partial charge on any atom is 0.419 e. The SMILES string of the molecule is CSN1CCC(CN(N)NC(N)c2cc(C)nc(C(=O)NCc3ccc(F)c(C(F)(F)F)c3)c2)CC1. The van der Waals surface area contributed by atoms with Crippen LogP contribution >= 0.6 is 11.9 Å². The quantitative estimate of drug-likeness (QED) is 0.129. The molecule has 1 aromatic carbocycles. The maximum atomic E-state index is 13.5. The van der Waals surface area contributed by atoms with Crippen LogP contribution in [0.25, 0.3) is 0 Å². The highest BCUT2D eigenvalue weighted by molar-refractivity contribution is 7.96. The molecular formula is C23H31F4N7OS. The van der Waals surface area contributed by atoms with E-state index in [9.17, 15) is 22.4 Å². The zero-order chi connectivity index (χ0) is 26.5. The number of benzene rings is 1. The number of piperidine rings is 1. The third-order valence-electron chi connectivity index (χ3n) is 5.95. The average Bonchev–Trinajstić information content (AvgIpc) is 2.82. The lowest BCUT2D eigenvalue weighted by Crippen LogP contribution is -2.51. The van der Waals surface area contributed by atoms with Crippen molar-refractivity contribution in [1.82, 2.24) is 25.1 Å². The van der Waals surface area contributed by atoms with Crippen molar-refractivity contribution < 1.29 is 22.4 Å². The number of nitrogens with two attached hydrogens (primary N) is 2. The zero-order valence-corrected chi connectivity index (χ0v) is 20.9. The minimum absolute atomic E-state index is 0.0495. The van der Waals surface area contributed by atoms with Crippen LogP contribution in [0.1, 0.15) is 51.9 Å². The van der Waals surface area contributed by atoms with Gasteiger partial charge in [0.05, 0.1) is 11.7 Å². The summed E-state index contributed by atoms with van der Waals surface area (Å²) >= 11 is 1.74. The first-order valence-corrected chi connectivity index (χ1v) is 12.6. The standard InChI is InChI=1S/C23H31F4N7OS/c1-14-9-17(21(28)32-34(29)13-15-5-7-33(36-2)8-6-15)11-20(31-14)22(35)30-12-16-3-4-19(24)18(10-16)23(25,26)27/h3-4,9-11,15,21,32H,5-8,12-13,28-29H2,1-2H3,(H,30,35). The van der Waals surface area contributed by atoms with Crippen LogP contribution in [-0.2, 0) is 12.7 Å². The van der Waals surface area contributed by atoms with Crippen molar-refractivity contribution in [2.24, 2.45) is 17.5 Å². The molecule has 0 radical (unpaired) electrons. The number of halogens is 4. The lowest BCUT2D eigenvalue weighted by atomic mass is 9.98. The first-order valence-electron chi connectivity index (χ1n) is 11.4. The fraction of sp³-hybridized carbons (Fsp3) is 0.478. The molecule has 1 saturated heterocycles. The van der Waals surface area contributed by atoms with E-state index in [1.165, 1.54) is 17.3 Å². The number of hydrogen-bond acceptors (Lipinski definition) is 8. The summed E-state index contributed by atoms with van der Waals surface area (Å²) in [5.41, 5.74) is 9.16. The summed E-state index contributed by atoms with van der Waals surface area (Å²) in [6.45, 7) is 4.09. The summed E-state index contributed by atoms with van der Waals surface area (Å²) in [5.74, 6) is 4.59. The number of aromatic nitrogens is 1. The van der Waals surface area contributed by atoms with Gasteiger partial charge < -0.3 is 11.1 Å². The van der Waals surface area contributed by atoms with Crippen LogP contribution in [0, 0.1) is 18.7 Å². The lowest BCUT2D eigenvalue weighted by Gasteiger charge is -2.33. The van der Waals surface area contributed by atoms with Crippen molar-refractivity contribution in [1.29, 1.82) is 0 Å². The van der Waals surface area contributed by atoms with E-state index >= 15 is 0 Å². The summed E-state index contributed by atoms with van der Waals surface area (Å²) in [4.78, 5) is 16.9. The molecule has 3 rings (SSSR count). The van der Waals surface area contributed by atoms with Gasteiger partial charge in [-0.2, -0.15) is 18.3 Å². The van der Waals surface area contributed by atoms with Crippen LogP contribution in [0.15, 0.2) is 30.3 Å². The Morgan fingerprint density at radius 1 is 1.28 bits per heavy atom. The molecular weight excluding hydrogens is 498 g/mol. The number of nitrogens with one attached hydrogen (secondary N) is 2. The number of pyridine rings is 1. The topological polar surface area (TPSA) is 113 Å². The van der Waals surface area contributed by atoms with Crippen LogP contribution in [0.5, 0.6) is 0 Å². The van der Waals surface area contributed by atoms with Crippen LogP contribution in [-0.4, -0.2) is 46.2 Å². The molecule has 1 atom stereocenters. The number of rotatable bonds is 9. The fourth-order valence-corrected chi connectivity index (χ4v) is 4.60. The average molecular weight is 530 g/mol. The van der Waals surface area contributed by atoms with Gasteiger partial charge in [0, 0.05) is 31.9 Å². The Balaban J connectivity index is 1.59. The Morgan fingerprint density at radius 2 is 1.97 bits per heavy atom. The highest BCUT2D eigenvalue weighted by Gasteiger charge is 2.34. The van der Waals surface area contributed by atoms with E-state index in [0.717, 1.165) is 32.0 Å². The molecule has 8 nitrogen and oxygen atoms in total. The van der Waals surface area contributed by atoms with Gasteiger partial charge >= 0.3 is 6.18 Å². The van der Waals surface area contributed by atoms with Crippen molar-refractivity contribution in [2.45, 2.75) is 38.7 Å². The Hall–Kier alpha value is -2.29. The molecule has 0 bridgehead atoms. The predicted molar refractivity (Wildman–Crippen MR) is 130 cm³/mol. The van der Waals surface area contributed by atoms with Crippen molar-refractivity contribution >= 4 is 17.9 Å². The Bertz CT molecular complexity index is 1050. The van der Waals surface area contributed by atoms with Gasteiger partial charge in [-0.3, -0.25) is 14.9 Å². The second kappa shape index (κ2) is 12.3. The van der Waals surface area contributed by atoms with E-state index in [4.69, 9.17) is 11.6 Å². The van der Waals surface area contributed by atoms with E-state index in [1.807, 2.05) is 0 Å². The Labute approximate surface area is 211 Å². The first kappa shape index (κ1) is 28.3. The second-order valence-electron chi connectivity index (χ2n) is 8.74. The number of carbonyl (C=O) groups excluding carboxylic acids is 1. The molecule has 1 aliphatic heterocycles. The molecule has 0 spiro atoms. The molecule has 1 unspecified atom stereocenters. The molecule has 1 fully saturated rings.